The van der Waals surface area contributed by atoms with Crippen LogP contribution in [0.15, 0.2) is 60.7 Å². The molecule has 0 saturated carbocycles. The number of benzene rings is 2. The van der Waals surface area contributed by atoms with Crippen LogP contribution in [0.25, 0.3) is 0 Å². The van der Waals surface area contributed by atoms with Crippen molar-refractivity contribution in [3.8, 4) is 16.6 Å². The van der Waals surface area contributed by atoms with Gasteiger partial charge in [0, 0.05) is 17.0 Å². The van der Waals surface area contributed by atoms with Crippen LogP contribution in [0, 0.1) is 0 Å². The summed E-state index contributed by atoms with van der Waals surface area (Å²) in [4.78, 5) is 12.5. The summed E-state index contributed by atoms with van der Waals surface area (Å²) in [5.41, 5.74) is 7.01. The maximum atomic E-state index is 11.3. The first-order valence-electron chi connectivity index (χ1n) is 8.65. The van der Waals surface area contributed by atoms with Crippen molar-refractivity contribution in [2.75, 3.05) is 13.7 Å². The zero-order chi connectivity index (χ0) is 19.1. The molecule has 0 unspecified atom stereocenters. The normalized spacial score (nSPS) is 10.6. The molecule has 0 radical (unpaired) electrons. The highest BCUT2D eigenvalue weighted by molar-refractivity contribution is 7.13. The van der Waals surface area contributed by atoms with Gasteiger partial charge in [-0.3, -0.25) is 4.79 Å². The van der Waals surface area contributed by atoms with E-state index in [0.717, 1.165) is 24.6 Å². The van der Waals surface area contributed by atoms with Crippen LogP contribution in [-0.4, -0.2) is 19.6 Å². The van der Waals surface area contributed by atoms with Crippen LogP contribution in [0.4, 0.5) is 0 Å². The number of amides is 1. The van der Waals surface area contributed by atoms with E-state index in [1.54, 1.807) is 29.5 Å². The van der Waals surface area contributed by atoms with Gasteiger partial charge in [0.25, 0.3) is 0 Å². The average molecular weight is 382 g/mol. The van der Waals surface area contributed by atoms with E-state index in [1.165, 1.54) is 17.6 Å². The largest absolute Gasteiger partial charge is 0.493 e. The first kappa shape index (κ1) is 18.9. The van der Waals surface area contributed by atoms with Crippen LogP contribution in [0.5, 0.6) is 16.6 Å². The van der Waals surface area contributed by atoms with Crippen molar-refractivity contribution in [2.24, 2.45) is 5.73 Å². The molecule has 0 spiro atoms. The van der Waals surface area contributed by atoms with Gasteiger partial charge in [-0.2, -0.15) is 0 Å². The Hall–Kier alpha value is -2.83. The third kappa shape index (κ3) is 5.32. The third-order valence-electron chi connectivity index (χ3n) is 4.03. The summed E-state index contributed by atoms with van der Waals surface area (Å²) in [7, 11) is 1.53. The van der Waals surface area contributed by atoms with Crippen LogP contribution in [0.3, 0.4) is 0 Å². The Labute approximate surface area is 162 Å². The van der Waals surface area contributed by atoms with E-state index in [4.69, 9.17) is 15.2 Å². The molecular weight excluding hydrogens is 360 g/mol. The zero-order valence-corrected chi connectivity index (χ0v) is 15.9. The van der Waals surface area contributed by atoms with Crippen LogP contribution >= 0.6 is 11.3 Å². The van der Waals surface area contributed by atoms with Gasteiger partial charge in [-0.15, -0.1) is 11.3 Å². The molecule has 0 aliphatic carbocycles. The van der Waals surface area contributed by atoms with Gasteiger partial charge >= 0.3 is 0 Å². The van der Waals surface area contributed by atoms with E-state index in [1.807, 2.05) is 18.2 Å². The maximum Gasteiger partial charge on any atom is 0.248 e. The summed E-state index contributed by atoms with van der Waals surface area (Å²) in [6.45, 7) is 1.71. The molecule has 0 bridgehead atoms. The standard InChI is InChI=1S/C21H22N2O3S/c1-25-19-13-16(21(22)24)7-9-18(19)26-20-10-8-17(27-20)14-23-12-11-15-5-3-2-4-6-15/h2-10,13,23H,11-12,14H2,1H3,(H2,22,24). The molecule has 3 aromatic rings. The minimum Gasteiger partial charge on any atom is -0.493 e. The Bertz CT molecular complexity index is 893. The lowest BCUT2D eigenvalue weighted by Gasteiger charge is -2.09. The molecular formula is C21H22N2O3S. The van der Waals surface area contributed by atoms with Crippen molar-refractivity contribution in [1.29, 1.82) is 0 Å². The lowest BCUT2D eigenvalue weighted by Crippen LogP contribution is -2.15. The molecule has 1 heterocycles. The Morgan fingerprint density at radius 1 is 1.07 bits per heavy atom. The SMILES string of the molecule is COc1cc(C(N)=O)ccc1Oc1ccc(CNCCc2ccccc2)s1. The van der Waals surface area contributed by atoms with E-state index in [9.17, 15) is 4.79 Å². The van der Waals surface area contributed by atoms with Gasteiger partial charge in [0.05, 0.1) is 7.11 Å². The predicted molar refractivity (Wildman–Crippen MR) is 108 cm³/mol. The minimum atomic E-state index is -0.500. The average Bonchev–Trinajstić information content (AvgIpc) is 3.13. The van der Waals surface area contributed by atoms with Gasteiger partial charge in [-0.05, 0) is 48.9 Å². The molecule has 140 valence electrons. The van der Waals surface area contributed by atoms with Crippen molar-refractivity contribution >= 4 is 17.2 Å². The molecule has 0 fully saturated rings. The molecule has 5 nitrogen and oxygen atoms in total. The number of methoxy groups -OCH3 is 1. The summed E-state index contributed by atoms with van der Waals surface area (Å²) in [5, 5.41) is 4.21. The first-order valence-corrected chi connectivity index (χ1v) is 9.46. The molecule has 1 amide bonds. The van der Waals surface area contributed by atoms with Crippen molar-refractivity contribution in [2.45, 2.75) is 13.0 Å². The maximum absolute atomic E-state index is 11.3. The second-order valence-corrected chi connectivity index (χ2v) is 7.10. The van der Waals surface area contributed by atoms with Gasteiger partial charge in [0.1, 0.15) is 0 Å². The van der Waals surface area contributed by atoms with Gasteiger partial charge in [-0.1, -0.05) is 30.3 Å². The lowest BCUT2D eigenvalue weighted by atomic mass is 10.1. The molecule has 27 heavy (non-hydrogen) atoms. The number of thiophene rings is 1. The molecule has 0 saturated heterocycles. The zero-order valence-electron chi connectivity index (χ0n) is 15.1. The summed E-state index contributed by atoms with van der Waals surface area (Å²) in [6, 6.07) is 19.3. The van der Waals surface area contributed by atoms with Crippen LogP contribution in [0.1, 0.15) is 20.8 Å². The highest BCUT2D eigenvalue weighted by Gasteiger charge is 2.11. The monoisotopic (exact) mass is 382 g/mol. The molecule has 0 aliphatic rings. The minimum absolute atomic E-state index is 0.383. The quantitative estimate of drug-likeness (QED) is 0.549. The number of hydrogen-bond donors (Lipinski definition) is 2. The number of rotatable bonds is 9. The van der Waals surface area contributed by atoms with Crippen molar-refractivity contribution in [1.82, 2.24) is 5.32 Å². The topological polar surface area (TPSA) is 73.6 Å². The van der Waals surface area contributed by atoms with E-state index in [-0.39, 0.29) is 0 Å². The number of nitrogens with two attached hydrogens (primary N) is 1. The number of carbonyl (C=O) groups is 1. The summed E-state index contributed by atoms with van der Waals surface area (Å²) in [5.74, 6) is 0.523. The van der Waals surface area contributed by atoms with E-state index in [0.29, 0.717) is 17.1 Å². The second kappa shape index (κ2) is 9.21. The Balaban J connectivity index is 1.54. The number of ether oxygens (including phenoxy) is 2. The van der Waals surface area contributed by atoms with Crippen LogP contribution < -0.4 is 20.5 Å². The number of nitrogens with one attached hydrogen (secondary N) is 1. The summed E-state index contributed by atoms with van der Waals surface area (Å²) in [6.07, 6.45) is 0.999. The molecule has 3 rings (SSSR count). The van der Waals surface area contributed by atoms with Crippen molar-refractivity contribution in [3.05, 3.63) is 76.7 Å². The van der Waals surface area contributed by atoms with E-state index >= 15 is 0 Å². The van der Waals surface area contributed by atoms with Crippen molar-refractivity contribution < 1.29 is 14.3 Å². The van der Waals surface area contributed by atoms with Crippen LogP contribution in [0.2, 0.25) is 0 Å². The summed E-state index contributed by atoms with van der Waals surface area (Å²) < 4.78 is 11.2. The lowest BCUT2D eigenvalue weighted by molar-refractivity contribution is 0.1000. The van der Waals surface area contributed by atoms with Gasteiger partial charge in [0.15, 0.2) is 16.6 Å². The fourth-order valence-corrected chi connectivity index (χ4v) is 3.45. The Morgan fingerprint density at radius 3 is 2.63 bits per heavy atom. The number of primary amides is 1. The number of hydrogen-bond acceptors (Lipinski definition) is 5. The fraction of sp³-hybridized carbons (Fsp3) is 0.190. The molecule has 6 heteroatoms. The third-order valence-corrected chi connectivity index (χ3v) is 4.99. The predicted octanol–water partition coefficient (Wildman–Crippen LogP) is 3.98. The Kier molecular flexibility index (Phi) is 6.46. The van der Waals surface area contributed by atoms with E-state index in [2.05, 4.69) is 29.6 Å². The second-order valence-electron chi connectivity index (χ2n) is 5.97. The molecule has 0 aliphatic heterocycles. The molecule has 2 aromatic carbocycles. The van der Waals surface area contributed by atoms with Crippen LogP contribution in [-0.2, 0) is 13.0 Å². The van der Waals surface area contributed by atoms with Gasteiger partial charge in [-0.25, -0.2) is 0 Å². The fourth-order valence-electron chi connectivity index (χ4n) is 2.61. The smallest absolute Gasteiger partial charge is 0.248 e. The molecule has 3 N–H and O–H groups in total. The molecule has 1 aromatic heterocycles. The van der Waals surface area contributed by atoms with Gasteiger partial charge in [0.2, 0.25) is 5.91 Å². The first-order chi connectivity index (χ1) is 13.2. The summed E-state index contributed by atoms with van der Waals surface area (Å²) >= 11 is 1.57. The molecule has 0 atom stereocenters. The Morgan fingerprint density at radius 2 is 1.89 bits per heavy atom. The highest BCUT2D eigenvalue weighted by Crippen LogP contribution is 2.35. The number of carbonyl (C=O) groups excluding carboxylic acids is 1. The highest BCUT2D eigenvalue weighted by atomic mass is 32.1. The van der Waals surface area contributed by atoms with Crippen molar-refractivity contribution in [3.63, 3.8) is 0 Å². The van der Waals surface area contributed by atoms with E-state index < -0.39 is 5.91 Å². The van der Waals surface area contributed by atoms with Gasteiger partial charge < -0.3 is 20.5 Å².